The van der Waals surface area contributed by atoms with E-state index in [4.69, 9.17) is 0 Å². The Labute approximate surface area is 119 Å². The summed E-state index contributed by atoms with van der Waals surface area (Å²) in [6.07, 6.45) is 1.55. The topological polar surface area (TPSA) is 75.3 Å². The lowest BCUT2D eigenvalue weighted by atomic mass is 10.1. The molecule has 1 heterocycles. The van der Waals surface area contributed by atoms with Crippen LogP contribution in [0, 0.1) is 17.5 Å². The predicted octanol–water partition coefficient (Wildman–Crippen LogP) is 1.05. The first kappa shape index (κ1) is 15.8. The van der Waals surface area contributed by atoms with Crippen LogP contribution < -0.4 is 10.0 Å². The second-order valence-corrected chi connectivity index (χ2v) is 6.32. The molecule has 1 amide bonds. The standard InChI is InChI=1S/C12H13F3N2O3S/c13-7-4-5-9(11(15)10(7)14)21(19,20)17-8-3-1-2-6-16-12(8)18/h4-5,8,17H,1-3,6H2,(H,16,18)/t8-/m0/s1. The maximum Gasteiger partial charge on any atom is 0.244 e. The number of nitrogens with one attached hydrogen (secondary N) is 2. The second-order valence-electron chi connectivity index (χ2n) is 4.63. The molecule has 1 saturated heterocycles. The first-order valence-electron chi connectivity index (χ1n) is 6.26. The molecule has 0 unspecified atom stereocenters. The summed E-state index contributed by atoms with van der Waals surface area (Å²) in [7, 11) is -4.47. The number of sulfonamides is 1. The van der Waals surface area contributed by atoms with Crippen LogP contribution in [-0.2, 0) is 14.8 Å². The van der Waals surface area contributed by atoms with E-state index in [2.05, 4.69) is 5.32 Å². The fraction of sp³-hybridized carbons (Fsp3) is 0.417. The molecule has 0 aliphatic carbocycles. The number of rotatable bonds is 3. The zero-order valence-corrected chi connectivity index (χ0v) is 11.6. The third kappa shape index (κ3) is 3.35. The van der Waals surface area contributed by atoms with E-state index in [0.717, 1.165) is 0 Å². The number of hydrogen-bond acceptors (Lipinski definition) is 3. The Bertz CT molecular complexity index is 664. The molecule has 0 saturated carbocycles. The minimum atomic E-state index is -4.47. The average molecular weight is 322 g/mol. The van der Waals surface area contributed by atoms with Gasteiger partial charge in [-0.2, -0.15) is 4.72 Å². The molecule has 9 heteroatoms. The van der Waals surface area contributed by atoms with Crippen LogP contribution in [0.4, 0.5) is 13.2 Å². The fourth-order valence-electron chi connectivity index (χ4n) is 2.02. The highest BCUT2D eigenvalue weighted by atomic mass is 32.2. The number of halogens is 3. The summed E-state index contributed by atoms with van der Waals surface area (Å²) >= 11 is 0. The van der Waals surface area contributed by atoms with E-state index < -0.39 is 44.3 Å². The van der Waals surface area contributed by atoms with E-state index in [1.54, 1.807) is 0 Å². The van der Waals surface area contributed by atoms with Crippen molar-refractivity contribution in [2.75, 3.05) is 6.54 Å². The van der Waals surface area contributed by atoms with Gasteiger partial charge in [-0.25, -0.2) is 21.6 Å². The minimum Gasteiger partial charge on any atom is -0.355 e. The van der Waals surface area contributed by atoms with Gasteiger partial charge in [-0.15, -0.1) is 0 Å². The van der Waals surface area contributed by atoms with Crippen molar-refractivity contribution in [1.82, 2.24) is 10.0 Å². The molecule has 1 atom stereocenters. The van der Waals surface area contributed by atoms with Crippen LogP contribution in [0.1, 0.15) is 19.3 Å². The summed E-state index contributed by atoms with van der Waals surface area (Å²) in [5.74, 6) is -5.70. The van der Waals surface area contributed by atoms with Crippen LogP contribution in [0.2, 0.25) is 0 Å². The lowest BCUT2D eigenvalue weighted by Crippen LogP contribution is -2.45. The summed E-state index contributed by atoms with van der Waals surface area (Å²) in [4.78, 5) is 10.6. The zero-order valence-electron chi connectivity index (χ0n) is 10.8. The highest BCUT2D eigenvalue weighted by Crippen LogP contribution is 2.20. The van der Waals surface area contributed by atoms with Gasteiger partial charge in [0, 0.05) is 6.54 Å². The number of carbonyl (C=O) groups is 1. The quantitative estimate of drug-likeness (QED) is 0.817. The Hall–Kier alpha value is -1.61. The van der Waals surface area contributed by atoms with Crippen molar-refractivity contribution < 1.29 is 26.4 Å². The Kier molecular flexibility index (Phi) is 4.52. The number of carbonyl (C=O) groups excluding carboxylic acids is 1. The lowest BCUT2D eigenvalue weighted by molar-refractivity contribution is -0.122. The summed E-state index contributed by atoms with van der Waals surface area (Å²) in [5, 5.41) is 2.51. The van der Waals surface area contributed by atoms with E-state index in [9.17, 15) is 26.4 Å². The molecule has 0 spiro atoms. The van der Waals surface area contributed by atoms with Gasteiger partial charge in [-0.05, 0) is 31.4 Å². The molecule has 21 heavy (non-hydrogen) atoms. The van der Waals surface area contributed by atoms with Crippen molar-refractivity contribution in [1.29, 1.82) is 0 Å². The van der Waals surface area contributed by atoms with Gasteiger partial charge < -0.3 is 5.32 Å². The predicted molar refractivity (Wildman–Crippen MR) is 67.3 cm³/mol. The largest absolute Gasteiger partial charge is 0.355 e. The maximum atomic E-state index is 13.6. The van der Waals surface area contributed by atoms with Crippen LogP contribution in [-0.4, -0.2) is 26.9 Å². The summed E-state index contributed by atoms with van der Waals surface area (Å²) in [6, 6.07) is 0.0650. The van der Waals surface area contributed by atoms with Crippen LogP contribution in [0.25, 0.3) is 0 Å². The van der Waals surface area contributed by atoms with Crippen molar-refractivity contribution >= 4 is 15.9 Å². The summed E-state index contributed by atoms with van der Waals surface area (Å²) in [6.45, 7) is 0.427. The molecule has 1 aromatic carbocycles. The van der Waals surface area contributed by atoms with Crippen molar-refractivity contribution in [3.05, 3.63) is 29.6 Å². The van der Waals surface area contributed by atoms with E-state index in [-0.39, 0.29) is 6.42 Å². The van der Waals surface area contributed by atoms with E-state index in [1.807, 2.05) is 4.72 Å². The SMILES string of the molecule is O=C1NCCCC[C@@H]1NS(=O)(=O)c1ccc(F)c(F)c1F. The van der Waals surface area contributed by atoms with Crippen LogP contribution >= 0.6 is 0 Å². The average Bonchev–Trinajstić information content (AvgIpc) is 2.61. The van der Waals surface area contributed by atoms with Gasteiger partial charge in [0.15, 0.2) is 17.5 Å². The molecule has 0 bridgehead atoms. The molecule has 116 valence electrons. The molecule has 5 nitrogen and oxygen atoms in total. The molecule has 1 fully saturated rings. The minimum absolute atomic E-state index is 0.246. The van der Waals surface area contributed by atoms with Gasteiger partial charge in [-0.3, -0.25) is 4.79 Å². The molecule has 0 aromatic heterocycles. The van der Waals surface area contributed by atoms with E-state index in [1.165, 1.54) is 0 Å². The first-order valence-corrected chi connectivity index (χ1v) is 7.75. The first-order chi connectivity index (χ1) is 9.83. The van der Waals surface area contributed by atoms with E-state index in [0.29, 0.717) is 31.5 Å². The molecule has 1 aromatic rings. The van der Waals surface area contributed by atoms with Gasteiger partial charge in [0.25, 0.3) is 0 Å². The summed E-state index contributed by atoms with van der Waals surface area (Å²) in [5.41, 5.74) is 0. The molecule has 2 rings (SSSR count). The Balaban J connectivity index is 2.30. The molecule has 1 aliphatic heterocycles. The van der Waals surface area contributed by atoms with Crippen LogP contribution in [0.3, 0.4) is 0 Å². The zero-order chi connectivity index (χ0) is 15.6. The molecular formula is C12H13F3N2O3S. The van der Waals surface area contributed by atoms with Gasteiger partial charge in [0.1, 0.15) is 10.9 Å². The normalized spacial score (nSPS) is 20.0. The smallest absolute Gasteiger partial charge is 0.244 e. The van der Waals surface area contributed by atoms with Crippen molar-refractivity contribution in [2.45, 2.75) is 30.2 Å². The Morgan fingerprint density at radius 3 is 2.57 bits per heavy atom. The highest BCUT2D eigenvalue weighted by Gasteiger charge is 2.30. The Morgan fingerprint density at radius 1 is 1.14 bits per heavy atom. The maximum absolute atomic E-state index is 13.6. The van der Waals surface area contributed by atoms with E-state index >= 15 is 0 Å². The number of amides is 1. The van der Waals surface area contributed by atoms with Gasteiger partial charge in [-0.1, -0.05) is 0 Å². The highest BCUT2D eigenvalue weighted by molar-refractivity contribution is 7.89. The molecule has 0 radical (unpaired) electrons. The van der Waals surface area contributed by atoms with Gasteiger partial charge >= 0.3 is 0 Å². The summed E-state index contributed by atoms with van der Waals surface area (Å²) < 4.78 is 65.6. The monoisotopic (exact) mass is 322 g/mol. The fourth-order valence-corrected chi connectivity index (χ4v) is 3.32. The van der Waals surface area contributed by atoms with Crippen molar-refractivity contribution in [2.24, 2.45) is 0 Å². The third-order valence-electron chi connectivity index (χ3n) is 3.12. The molecule has 2 N–H and O–H groups in total. The molecule has 1 aliphatic rings. The van der Waals surface area contributed by atoms with Gasteiger partial charge in [0.05, 0.1) is 0 Å². The van der Waals surface area contributed by atoms with Gasteiger partial charge in [0.2, 0.25) is 15.9 Å². The molecular weight excluding hydrogens is 309 g/mol. The van der Waals surface area contributed by atoms with Crippen LogP contribution in [0.15, 0.2) is 17.0 Å². The second kappa shape index (κ2) is 6.02. The van der Waals surface area contributed by atoms with Crippen molar-refractivity contribution in [3.8, 4) is 0 Å². The third-order valence-corrected chi connectivity index (χ3v) is 4.61. The Morgan fingerprint density at radius 2 is 1.86 bits per heavy atom. The van der Waals surface area contributed by atoms with Crippen molar-refractivity contribution in [3.63, 3.8) is 0 Å². The van der Waals surface area contributed by atoms with Crippen LogP contribution in [0.5, 0.6) is 0 Å². The number of benzene rings is 1. The number of hydrogen-bond donors (Lipinski definition) is 2. The lowest BCUT2D eigenvalue weighted by Gasteiger charge is -2.15.